The van der Waals surface area contributed by atoms with Gasteiger partial charge >= 0.3 is 0 Å². The number of nitrogens with one attached hydrogen (secondary N) is 1. The average Bonchev–Trinajstić information content (AvgIpc) is 2.87. The summed E-state index contributed by atoms with van der Waals surface area (Å²) >= 11 is 1.57. The summed E-state index contributed by atoms with van der Waals surface area (Å²) in [6.45, 7) is 1.81. The molecule has 0 amide bonds. The van der Waals surface area contributed by atoms with Crippen LogP contribution in [0.2, 0.25) is 0 Å². The lowest BCUT2D eigenvalue weighted by Gasteiger charge is -2.56. The first-order valence-electron chi connectivity index (χ1n) is 7.58. The van der Waals surface area contributed by atoms with E-state index in [9.17, 15) is 5.11 Å². The molecule has 4 fully saturated rings. The van der Waals surface area contributed by atoms with Crippen LogP contribution in [0.15, 0.2) is 16.2 Å². The smallest absolute Gasteiger partial charge is 0.161 e. The van der Waals surface area contributed by atoms with Crippen LogP contribution in [-0.2, 0) is 0 Å². The van der Waals surface area contributed by atoms with E-state index in [4.69, 9.17) is 0 Å². The van der Waals surface area contributed by atoms with Gasteiger partial charge in [-0.05, 0) is 56.3 Å². The molecule has 1 heterocycles. The first-order valence-corrected chi connectivity index (χ1v) is 8.46. The number of thioether (sulfide) groups is 1. The molecule has 5 aliphatic rings. The van der Waals surface area contributed by atoms with Crippen LogP contribution in [0.3, 0.4) is 0 Å². The van der Waals surface area contributed by atoms with Gasteiger partial charge in [0.15, 0.2) is 5.17 Å². The number of aliphatic hydroxyl groups excluding tert-OH is 1. The summed E-state index contributed by atoms with van der Waals surface area (Å²) in [5.41, 5.74) is 0.126. The summed E-state index contributed by atoms with van der Waals surface area (Å²) < 4.78 is 0. The van der Waals surface area contributed by atoms with Gasteiger partial charge in [-0.25, -0.2) is 0 Å². The molecular weight excluding hydrogens is 256 g/mol. The summed E-state index contributed by atoms with van der Waals surface area (Å²) in [4.78, 5) is 4.37. The van der Waals surface area contributed by atoms with Gasteiger partial charge in [-0.15, -0.1) is 0 Å². The number of aliphatic imine (C=N–C) groups is 1. The van der Waals surface area contributed by atoms with Crippen molar-refractivity contribution < 1.29 is 5.11 Å². The fraction of sp³-hybridized carbons (Fsp3) is 0.800. The SMILES string of the molecule is O/C(=C/SC1=NCCN1)C12CC3CC(CC(C3)C1)C2. The number of hydrogen-bond acceptors (Lipinski definition) is 4. The predicted molar refractivity (Wildman–Crippen MR) is 79.2 cm³/mol. The summed E-state index contributed by atoms with van der Waals surface area (Å²) in [6, 6.07) is 0. The van der Waals surface area contributed by atoms with E-state index >= 15 is 0 Å². The maximum Gasteiger partial charge on any atom is 0.161 e. The van der Waals surface area contributed by atoms with Gasteiger partial charge in [-0.2, -0.15) is 0 Å². The van der Waals surface area contributed by atoms with Gasteiger partial charge in [-0.3, -0.25) is 4.99 Å². The molecule has 4 saturated carbocycles. The minimum absolute atomic E-state index is 0.126. The highest BCUT2D eigenvalue weighted by Crippen LogP contribution is 2.62. The van der Waals surface area contributed by atoms with Crippen molar-refractivity contribution in [2.45, 2.75) is 38.5 Å². The Morgan fingerprint density at radius 3 is 2.37 bits per heavy atom. The van der Waals surface area contributed by atoms with Gasteiger partial charge in [0.1, 0.15) is 5.76 Å². The lowest BCUT2D eigenvalue weighted by atomic mass is 9.49. The van der Waals surface area contributed by atoms with Gasteiger partial charge in [0.05, 0.1) is 6.54 Å². The van der Waals surface area contributed by atoms with Crippen LogP contribution in [0, 0.1) is 23.2 Å². The molecule has 3 nitrogen and oxygen atoms in total. The van der Waals surface area contributed by atoms with Gasteiger partial charge in [0.25, 0.3) is 0 Å². The van der Waals surface area contributed by atoms with Gasteiger partial charge in [0, 0.05) is 17.4 Å². The maximum absolute atomic E-state index is 10.6. The van der Waals surface area contributed by atoms with Crippen LogP contribution in [0.25, 0.3) is 0 Å². The first-order chi connectivity index (χ1) is 9.23. The van der Waals surface area contributed by atoms with Crippen molar-refractivity contribution in [1.29, 1.82) is 0 Å². The fourth-order valence-electron chi connectivity index (χ4n) is 5.12. The molecule has 2 N–H and O–H groups in total. The normalized spacial score (nSPS) is 44.3. The minimum atomic E-state index is 0.126. The molecule has 4 bridgehead atoms. The molecule has 0 radical (unpaired) electrons. The second kappa shape index (κ2) is 4.44. The summed E-state index contributed by atoms with van der Waals surface area (Å²) in [7, 11) is 0. The van der Waals surface area contributed by atoms with Crippen molar-refractivity contribution in [2.24, 2.45) is 28.2 Å². The van der Waals surface area contributed by atoms with Crippen molar-refractivity contribution in [3.63, 3.8) is 0 Å². The Bertz CT molecular complexity index is 408. The number of allylic oxidation sites excluding steroid dienone is 1. The summed E-state index contributed by atoms with van der Waals surface area (Å²) in [5.74, 6) is 3.30. The van der Waals surface area contributed by atoms with Crippen molar-refractivity contribution in [2.75, 3.05) is 13.1 Å². The largest absolute Gasteiger partial charge is 0.511 e. The van der Waals surface area contributed by atoms with Crippen LogP contribution in [0.4, 0.5) is 0 Å². The zero-order valence-corrected chi connectivity index (χ0v) is 12.1. The van der Waals surface area contributed by atoms with Crippen LogP contribution < -0.4 is 5.32 Å². The highest BCUT2D eigenvalue weighted by atomic mass is 32.2. The van der Waals surface area contributed by atoms with Crippen molar-refractivity contribution >= 4 is 16.9 Å². The molecule has 0 unspecified atom stereocenters. The van der Waals surface area contributed by atoms with Crippen LogP contribution in [0.1, 0.15) is 38.5 Å². The minimum Gasteiger partial charge on any atom is -0.511 e. The van der Waals surface area contributed by atoms with Crippen molar-refractivity contribution in [3.8, 4) is 0 Å². The summed E-state index contributed by atoms with van der Waals surface area (Å²) in [6.07, 6.45) is 7.95. The molecule has 1 aliphatic heterocycles. The van der Waals surface area contributed by atoms with E-state index < -0.39 is 0 Å². The van der Waals surface area contributed by atoms with Crippen molar-refractivity contribution in [1.82, 2.24) is 5.32 Å². The number of amidine groups is 1. The van der Waals surface area contributed by atoms with Crippen LogP contribution >= 0.6 is 11.8 Å². The van der Waals surface area contributed by atoms with Gasteiger partial charge in [-0.1, -0.05) is 11.8 Å². The molecule has 104 valence electrons. The molecule has 4 heteroatoms. The topological polar surface area (TPSA) is 44.6 Å². The lowest BCUT2D eigenvalue weighted by Crippen LogP contribution is -2.46. The second-order valence-electron chi connectivity index (χ2n) is 6.93. The number of rotatable bonds is 2. The van der Waals surface area contributed by atoms with E-state index in [1.54, 1.807) is 11.8 Å². The Hall–Kier alpha value is -0.640. The standard InChI is InChI=1S/C15H22N2OS/c18-13(9-19-14-16-1-2-17-14)15-6-10-3-11(7-15)5-12(4-10)8-15/h9-12,18H,1-8H2,(H,16,17)/b13-9+. The molecule has 0 atom stereocenters. The molecule has 4 aliphatic carbocycles. The van der Waals surface area contributed by atoms with Crippen LogP contribution in [-0.4, -0.2) is 23.4 Å². The number of hydrogen-bond donors (Lipinski definition) is 2. The molecule has 0 aromatic heterocycles. The molecule has 5 rings (SSSR count). The quantitative estimate of drug-likeness (QED) is 0.762. The highest BCUT2D eigenvalue weighted by molar-refractivity contribution is 8.16. The number of nitrogens with zero attached hydrogens (tertiary/aromatic N) is 1. The Kier molecular flexibility index (Phi) is 2.83. The molecule has 0 saturated heterocycles. The monoisotopic (exact) mass is 278 g/mol. The van der Waals surface area contributed by atoms with E-state index in [0.717, 1.165) is 36.0 Å². The average molecular weight is 278 g/mol. The molecule has 19 heavy (non-hydrogen) atoms. The zero-order chi connectivity index (χ0) is 12.9. The summed E-state index contributed by atoms with van der Waals surface area (Å²) in [5, 5.41) is 16.8. The van der Waals surface area contributed by atoms with E-state index in [0.29, 0.717) is 5.76 Å². The zero-order valence-electron chi connectivity index (χ0n) is 11.3. The molecule has 0 aromatic rings. The van der Waals surface area contributed by atoms with E-state index in [2.05, 4.69) is 10.3 Å². The van der Waals surface area contributed by atoms with Gasteiger partial charge < -0.3 is 10.4 Å². The van der Waals surface area contributed by atoms with Crippen molar-refractivity contribution in [3.05, 3.63) is 11.2 Å². The fourth-order valence-corrected chi connectivity index (χ4v) is 5.94. The Morgan fingerprint density at radius 1 is 1.21 bits per heavy atom. The predicted octanol–water partition coefficient (Wildman–Crippen LogP) is 3.29. The maximum atomic E-state index is 10.6. The highest BCUT2D eigenvalue weighted by Gasteiger charge is 2.52. The van der Waals surface area contributed by atoms with Gasteiger partial charge in [0.2, 0.25) is 0 Å². The molecular formula is C15H22N2OS. The third kappa shape index (κ3) is 2.08. The Labute approximate surface area is 118 Å². The van der Waals surface area contributed by atoms with E-state index in [1.165, 1.54) is 38.5 Å². The molecule has 0 spiro atoms. The second-order valence-corrected chi connectivity index (χ2v) is 7.79. The first kappa shape index (κ1) is 12.1. The lowest BCUT2D eigenvalue weighted by molar-refractivity contribution is -0.0502. The third-order valence-corrected chi connectivity index (χ3v) is 6.35. The van der Waals surface area contributed by atoms with E-state index in [-0.39, 0.29) is 5.41 Å². The van der Waals surface area contributed by atoms with E-state index in [1.807, 2.05) is 5.41 Å². The van der Waals surface area contributed by atoms with Crippen LogP contribution in [0.5, 0.6) is 0 Å². The number of aliphatic hydroxyl groups is 1. The Morgan fingerprint density at radius 2 is 1.84 bits per heavy atom. The molecule has 0 aromatic carbocycles. The third-order valence-electron chi connectivity index (χ3n) is 5.51. The Balaban J connectivity index is 1.52.